The second kappa shape index (κ2) is 6.57. The van der Waals surface area contributed by atoms with E-state index in [1.54, 1.807) is 6.92 Å². The second-order valence-corrected chi connectivity index (χ2v) is 4.99. The molecule has 0 saturated heterocycles. The van der Waals surface area contributed by atoms with E-state index in [1.165, 1.54) is 24.3 Å². The summed E-state index contributed by atoms with van der Waals surface area (Å²) in [4.78, 5) is 23.6. The van der Waals surface area contributed by atoms with Gasteiger partial charge in [-0.2, -0.15) is 0 Å². The number of hydrogen-bond acceptors (Lipinski definition) is 4. The van der Waals surface area contributed by atoms with E-state index in [2.05, 4.69) is 10.5 Å². The van der Waals surface area contributed by atoms with Gasteiger partial charge >= 0.3 is 0 Å². The molecule has 0 spiro atoms. The standard InChI is InChI=1S/C14H13ClFN3O3/c1-7-10(13(15)22-19-7)6-11(20)18-12(14(17)21)8-2-4-9(16)5-3-8/h2-5,12H,6H2,1H3,(H2,17,21)(H,18,20)/t12-/m0/s1. The van der Waals surface area contributed by atoms with Crippen molar-refractivity contribution >= 4 is 23.4 Å². The summed E-state index contributed by atoms with van der Waals surface area (Å²) < 4.78 is 17.7. The Morgan fingerprint density at radius 1 is 1.41 bits per heavy atom. The van der Waals surface area contributed by atoms with Gasteiger partial charge in [0.1, 0.15) is 11.9 Å². The molecule has 0 saturated carbocycles. The number of aryl methyl sites for hydroxylation is 1. The molecule has 1 heterocycles. The van der Waals surface area contributed by atoms with Crippen molar-refractivity contribution < 1.29 is 18.5 Å². The fourth-order valence-electron chi connectivity index (χ4n) is 1.90. The molecule has 0 unspecified atom stereocenters. The van der Waals surface area contributed by atoms with Crippen LogP contribution in [-0.4, -0.2) is 17.0 Å². The van der Waals surface area contributed by atoms with Crippen LogP contribution in [0.15, 0.2) is 28.8 Å². The summed E-state index contributed by atoms with van der Waals surface area (Å²) in [5, 5.41) is 6.13. The average Bonchev–Trinajstić information content (AvgIpc) is 2.77. The quantitative estimate of drug-likeness (QED) is 0.873. The van der Waals surface area contributed by atoms with E-state index in [4.69, 9.17) is 21.9 Å². The Morgan fingerprint density at radius 2 is 2.05 bits per heavy atom. The molecule has 1 aromatic heterocycles. The normalized spacial score (nSPS) is 12.0. The van der Waals surface area contributed by atoms with Crippen molar-refractivity contribution in [2.24, 2.45) is 5.73 Å². The van der Waals surface area contributed by atoms with Crippen molar-refractivity contribution in [1.29, 1.82) is 0 Å². The van der Waals surface area contributed by atoms with Gasteiger partial charge in [0, 0.05) is 5.56 Å². The smallest absolute Gasteiger partial charge is 0.244 e. The van der Waals surface area contributed by atoms with Crippen LogP contribution in [0.2, 0.25) is 5.22 Å². The van der Waals surface area contributed by atoms with Crippen LogP contribution in [0.25, 0.3) is 0 Å². The van der Waals surface area contributed by atoms with Crippen molar-refractivity contribution in [1.82, 2.24) is 10.5 Å². The molecule has 8 heteroatoms. The number of primary amides is 1. The lowest BCUT2D eigenvalue weighted by Gasteiger charge is -2.15. The first-order chi connectivity index (χ1) is 10.4. The zero-order chi connectivity index (χ0) is 16.3. The Labute approximate surface area is 130 Å². The topological polar surface area (TPSA) is 98.2 Å². The summed E-state index contributed by atoms with van der Waals surface area (Å²) in [6.07, 6.45) is -0.112. The van der Waals surface area contributed by atoms with Crippen molar-refractivity contribution in [3.8, 4) is 0 Å². The molecule has 3 N–H and O–H groups in total. The zero-order valence-electron chi connectivity index (χ0n) is 11.6. The van der Waals surface area contributed by atoms with Gasteiger partial charge in [0.05, 0.1) is 12.1 Å². The fraction of sp³-hybridized carbons (Fsp3) is 0.214. The molecule has 0 aliphatic carbocycles. The Bertz CT molecular complexity index is 680. The number of benzene rings is 1. The van der Waals surface area contributed by atoms with Gasteiger partial charge in [0.25, 0.3) is 0 Å². The molecule has 22 heavy (non-hydrogen) atoms. The number of nitrogens with one attached hydrogen (secondary N) is 1. The van der Waals surface area contributed by atoms with Gasteiger partial charge in [0.2, 0.25) is 17.0 Å². The van der Waals surface area contributed by atoms with Crippen molar-refractivity contribution in [3.05, 3.63) is 52.1 Å². The van der Waals surface area contributed by atoms with E-state index in [-0.39, 0.29) is 11.6 Å². The maximum absolute atomic E-state index is 12.9. The van der Waals surface area contributed by atoms with Crippen LogP contribution in [0.3, 0.4) is 0 Å². The number of carbonyl (C=O) groups is 2. The van der Waals surface area contributed by atoms with E-state index in [1.807, 2.05) is 0 Å². The highest BCUT2D eigenvalue weighted by Gasteiger charge is 2.22. The predicted molar refractivity (Wildman–Crippen MR) is 76.4 cm³/mol. The van der Waals surface area contributed by atoms with Crippen LogP contribution in [0.1, 0.15) is 22.9 Å². The molecule has 6 nitrogen and oxygen atoms in total. The molecule has 0 aliphatic heterocycles. The largest absolute Gasteiger partial charge is 0.368 e. The molecular weight excluding hydrogens is 313 g/mol. The van der Waals surface area contributed by atoms with Crippen LogP contribution in [0.5, 0.6) is 0 Å². The highest BCUT2D eigenvalue weighted by Crippen LogP contribution is 2.20. The third-order valence-corrected chi connectivity index (χ3v) is 3.36. The van der Waals surface area contributed by atoms with E-state index >= 15 is 0 Å². The van der Waals surface area contributed by atoms with Gasteiger partial charge in [0.15, 0.2) is 0 Å². The summed E-state index contributed by atoms with van der Waals surface area (Å²) >= 11 is 5.78. The highest BCUT2D eigenvalue weighted by atomic mass is 35.5. The molecule has 116 valence electrons. The third-order valence-electron chi connectivity index (χ3n) is 3.07. The van der Waals surface area contributed by atoms with Gasteiger partial charge in [-0.3, -0.25) is 9.59 Å². The van der Waals surface area contributed by atoms with Crippen LogP contribution in [0.4, 0.5) is 4.39 Å². The first-order valence-electron chi connectivity index (χ1n) is 6.33. The Morgan fingerprint density at radius 3 is 2.55 bits per heavy atom. The molecule has 0 bridgehead atoms. The number of nitrogens with zero attached hydrogens (tertiary/aromatic N) is 1. The van der Waals surface area contributed by atoms with Crippen LogP contribution in [-0.2, 0) is 16.0 Å². The van der Waals surface area contributed by atoms with Gasteiger partial charge < -0.3 is 15.6 Å². The van der Waals surface area contributed by atoms with Crippen LogP contribution < -0.4 is 11.1 Å². The number of rotatable bonds is 5. The molecule has 1 aromatic carbocycles. The minimum Gasteiger partial charge on any atom is -0.368 e. The molecule has 2 aromatic rings. The third kappa shape index (κ3) is 3.62. The second-order valence-electron chi connectivity index (χ2n) is 4.65. The minimum absolute atomic E-state index is 0.0186. The zero-order valence-corrected chi connectivity index (χ0v) is 12.4. The van der Waals surface area contributed by atoms with Gasteiger partial charge in [-0.05, 0) is 36.2 Å². The van der Waals surface area contributed by atoms with Crippen molar-refractivity contribution in [2.75, 3.05) is 0 Å². The lowest BCUT2D eigenvalue weighted by atomic mass is 10.1. The fourth-order valence-corrected chi connectivity index (χ4v) is 2.14. The molecule has 2 rings (SSSR count). The Hall–Kier alpha value is -2.41. The van der Waals surface area contributed by atoms with Crippen LogP contribution in [0, 0.1) is 12.7 Å². The summed E-state index contributed by atoms with van der Waals surface area (Å²) in [7, 11) is 0. The summed E-state index contributed by atoms with van der Waals surface area (Å²) in [5.74, 6) is -1.69. The van der Waals surface area contributed by atoms with Crippen LogP contribution >= 0.6 is 11.6 Å². The minimum atomic E-state index is -1.06. The Balaban J connectivity index is 2.13. The van der Waals surface area contributed by atoms with Crippen molar-refractivity contribution in [2.45, 2.75) is 19.4 Å². The molecular formula is C14H13ClFN3O3. The lowest BCUT2D eigenvalue weighted by Crippen LogP contribution is -2.38. The van der Waals surface area contributed by atoms with E-state index < -0.39 is 23.7 Å². The maximum Gasteiger partial charge on any atom is 0.244 e. The van der Waals surface area contributed by atoms with Crippen molar-refractivity contribution in [3.63, 3.8) is 0 Å². The van der Waals surface area contributed by atoms with E-state index in [0.29, 0.717) is 16.8 Å². The van der Waals surface area contributed by atoms with E-state index in [0.717, 1.165) is 0 Å². The molecule has 2 amide bonds. The average molecular weight is 326 g/mol. The highest BCUT2D eigenvalue weighted by molar-refractivity contribution is 6.29. The SMILES string of the molecule is Cc1noc(Cl)c1CC(=O)N[C@H](C(N)=O)c1ccc(F)cc1. The summed E-state index contributed by atoms with van der Waals surface area (Å²) in [6.45, 7) is 1.64. The van der Waals surface area contributed by atoms with E-state index in [9.17, 15) is 14.0 Å². The number of nitrogens with two attached hydrogens (primary N) is 1. The van der Waals surface area contributed by atoms with Gasteiger partial charge in [-0.25, -0.2) is 4.39 Å². The number of aromatic nitrogens is 1. The Kier molecular flexibility index (Phi) is 4.77. The first-order valence-corrected chi connectivity index (χ1v) is 6.71. The lowest BCUT2D eigenvalue weighted by molar-refractivity contribution is -0.127. The number of hydrogen-bond donors (Lipinski definition) is 2. The maximum atomic E-state index is 12.9. The molecule has 0 fully saturated rings. The first kappa shape index (κ1) is 16.0. The predicted octanol–water partition coefficient (Wildman–Crippen LogP) is 1.66. The monoisotopic (exact) mass is 325 g/mol. The molecule has 0 radical (unpaired) electrons. The summed E-state index contributed by atoms with van der Waals surface area (Å²) in [5.41, 5.74) is 6.58. The summed E-state index contributed by atoms with van der Waals surface area (Å²) in [6, 6.07) is 4.05. The van der Waals surface area contributed by atoms with Gasteiger partial charge in [-0.1, -0.05) is 17.3 Å². The molecule has 0 aliphatic rings. The van der Waals surface area contributed by atoms with Gasteiger partial charge in [-0.15, -0.1) is 0 Å². The molecule has 1 atom stereocenters. The number of halogens is 2. The number of carbonyl (C=O) groups excluding carboxylic acids is 2. The number of amides is 2.